The Labute approximate surface area is 398 Å². The molecule has 9 N–H and O–H groups in total. The molecule has 2 aromatic rings. The van der Waals surface area contributed by atoms with Crippen molar-refractivity contribution in [2.75, 3.05) is 54.1 Å². The number of likely N-dealkylation sites (N-methyl/N-ethyl adjacent to an activating group) is 1. The van der Waals surface area contributed by atoms with Gasteiger partial charge < -0.3 is 70.6 Å². The van der Waals surface area contributed by atoms with Crippen molar-refractivity contribution < 1.29 is 81.7 Å². The van der Waals surface area contributed by atoms with E-state index in [1.165, 1.54) is 36.4 Å². The third-order valence-electron chi connectivity index (χ3n) is 11.0. The van der Waals surface area contributed by atoms with Crippen LogP contribution in [-0.4, -0.2) is 174 Å². The predicted octanol–water partition coefficient (Wildman–Crippen LogP) is -0.502. The lowest BCUT2D eigenvalue weighted by atomic mass is 10.0. The molecule has 25 heteroatoms. The lowest BCUT2D eigenvalue weighted by Crippen LogP contribution is -2.63. The standard InChI is InChI=1S/C44H62N7O17P/c1-24(2)19-32(44(61)65-6)47-41(57)34-12-14-36-51(34)42(58)37(25(3)68-69(62,63)64)49-40(56)33(23-52)48-39(55)31(11-13-35(53)45-15-17-67-36)46-38(54)29-20-28(21-30(22-29)66-18-16-50(4)5)26-7-9-27(10-8-26)43(59)60/h7-10,20-22,24-25,31-34,36-37,52H,11-19,23H2,1-6H3,(H,45,53)(H,46,54)(H,47,57)(H,48,55)(H,49,56)(H,59,60)(H2,62,63,64)/t25-,31+,32+,33+,34+,36-,37+/m1/s1. The first-order valence-corrected chi connectivity index (χ1v) is 23.7. The molecule has 2 heterocycles. The molecule has 380 valence electrons. The van der Waals surface area contributed by atoms with Crippen LogP contribution in [0.25, 0.3) is 11.1 Å². The summed E-state index contributed by atoms with van der Waals surface area (Å²) in [4.78, 5) is 130. The molecule has 69 heavy (non-hydrogen) atoms. The fourth-order valence-electron chi connectivity index (χ4n) is 7.52. The number of aromatic carboxylic acids is 1. The second-order valence-electron chi connectivity index (χ2n) is 17.1. The van der Waals surface area contributed by atoms with Crippen LogP contribution in [0.2, 0.25) is 0 Å². The smallest absolute Gasteiger partial charge is 0.469 e. The number of fused-ring (bicyclic) bond motifs is 1. The van der Waals surface area contributed by atoms with E-state index in [-0.39, 0.29) is 74.7 Å². The number of amides is 6. The van der Waals surface area contributed by atoms with Crippen molar-refractivity contribution in [1.29, 1.82) is 0 Å². The fourth-order valence-corrected chi connectivity index (χ4v) is 8.08. The molecule has 0 unspecified atom stereocenters. The molecule has 4 rings (SSSR count). The van der Waals surface area contributed by atoms with Gasteiger partial charge in [-0.25, -0.2) is 14.2 Å². The maximum atomic E-state index is 14.6. The Morgan fingerprint density at radius 2 is 1.64 bits per heavy atom. The number of phosphoric ester groups is 1. The molecular formula is C44H62N7O17P. The molecule has 2 aromatic carbocycles. The number of aliphatic hydroxyl groups is 1. The van der Waals surface area contributed by atoms with E-state index in [0.29, 0.717) is 17.7 Å². The maximum Gasteiger partial charge on any atom is 0.469 e. The van der Waals surface area contributed by atoms with Crippen molar-refractivity contribution in [1.82, 2.24) is 36.4 Å². The van der Waals surface area contributed by atoms with Crippen LogP contribution in [0.15, 0.2) is 42.5 Å². The van der Waals surface area contributed by atoms with Gasteiger partial charge in [0.15, 0.2) is 0 Å². The van der Waals surface area contributed by atoms with E-state index in [4.69, 9.17) is 18.7 Å². The second-order valence-corrected chi connectivity index (χ2v) is 18.3. The summed E-state index contributed by atoms with van der Waals surface area (Å²) in [6.07, 6.45) is -3.64. The highest BCUT2D eigenvalue weighted by Gasteiger charge is 2.47. The molecule has 24 nitrogen and oxygen atoms in total. The number of ether oxygens (including phenoxy) is 3. The van der Waals surface area contributed by atoms with Crippen molar-refractivity contribution in [3.8, 4) is 16.9 Å². The Morgan fingerprint density at radius 3 is 2.25 bits per heavy atom. The molecular weight excluding hydrogens is 929 g/mol. The topological polar surface area (TPSA) is 338 Å². The van der Waals surface area contributed by atoms with E-state index >= 15 is 0 Å². The van der Waals surface area contributed by atoms with Crippen LogP contribution >= 0.6 is 7.82 Å². The van der Waals surface area contributed by atoms with Crippen molar-refractivity contribution in [2.45, 2.75) is 95.4 Å². The molecule has 2 fully saturated rings. The summed E-state index contributed by atoms with van der Waals surface area (Å²) < 4.78 is 33.7. The Hall–Kier alpha value is -6.01. The number of phosphoric acid groups is 1. The zero-order chi connectivity index (χ0) is 51.2. The molecule has 2 saturated heterocycles. The van der Waals surface area contributed by atoms with Gasteiger partial charge in [-0.1, -0.05) is 26.0 Å². The van der Waals surface area contributed by atoms with Crippen LogP contribution < -0.4 is 31.3 Å². The number of rotatable bonds is 17. The third kappa shape index (κ3) is 16.6. The average Bonchev–Trinajstić information content (AvgIpc) is 3.72. The van der Waals surface area contributed by atoms with Gasteiger partial charge in [-0.05, 0) is 94.1 Å². The quantitative estimate of drug-likeness (QED) is 0.0712. The first-order valence-electron chi connectivity index (χ1n) is 22.1. The van der Waals surface area contributed by atoms with Gasteiger partial charge in [0.25, 0.3) is 11.8 Å². The molecule has 0 bridgehead atoms. The summed E-state index contributed by atoms with van der Waals surface area (Å²) in [5.41, 5.74) is 0.976. The minimum absolute atomic E-state index is 0.0134. The largest absolute Gasteiger partial charge is 0.492 e. The van der Waals surface area contributed by atoms with Crippen LogP contribution in [0, 0.1) is 5.92 Å². The van der Waals surface area contributed by atoms with Gasteiger partial charge in [-0.3, -0.25) is 33.3 Å². The SMILES string of the molecule is COC(=O)[C@H](CC(C)C)NC(=O)[C@@H]1CC[C@H]2OCCNC(=O)CC[C@H](NC(=O)c3cc(OCCN(C)C)cc(-c4ccc(C(=O)O)cc4)c3)C(=O)N[C@@H](CO)C(=O)N[C@@H]([C@@H](C)OP(=O)(O)O)C(=O)N21. The lowest BCUT2D eigenvalue weighted by molar-refractivity contribution is -0.156. The second kappa shape index (κ2) is 25.6. The summed E-state index contributed by atoms with van der Waals surface area (Å²) in [5.74, 6) is -7.47. The summed E-state index contributed by atoms with van der Waals surface area (Å²) in [6, 6.07) is 2.39. The number of esters is 1. The van der Waals surface area contributed by atoms with Gasteiger partial charge in [-0.2, -0.15) is 0 Å². The Bertz CT molecular complexity index is 2220. The van der Waals surface area contributed by atoms with Gasteiger partial charge >= 0.3 is 19.8 Å². The molecule has 0 saturated carbocycles. The lowest BCUT2D eigenvalue weighted by Gasteiger charge is -2.35. The van der Waals surface area contributed by atoms with Crippen LogP contribution in [0.5, 0.6) is 5.75 Å². The summed E-state index contributed by atoms with van der Waals surface area (Å²) in [6.45, 7) is 3.86. The van der Waals surface area contributed by atoms with Crippen molar-refractivity contribution in [3.05, 3.63) is 53.6 Å². The molecule has 6 amide bonds. The molecule has 0 spiro atoms. The van der Waals surface area contributed by atoms with Gasteiger partial charge in [-0.15, -0.1) is 0 Å². The van der Waals surface area contributed by atoms with E-state index in [1.807, 2.05) is 19.0 Å². The highest BCUT2D eigenvalue weighted by molar-refractivity contribution is 7.46. The number of methoxy groups -OCH3 is 1. The number of carbonyl (C=O) groups excluding carboxylic acids is 7. The highest BCUT2D eigenvalue weighted by Crippen LogP contribution is 2.39. The molecule has 0 radical (unpaired) electrons. The van der Waals surface area contributed by atoms with Gasteiger partial charge in [0.1, 0.15) is 48.8 Å². The fraction of sp³-hybridized carbons (Fsp3) is 0.545. The molecule has 2 aliphatic heterocycles. The minimum atomic E-state index is -5.37. The first-order chi connectivity index (χ1) is 32.5. The molecule has 2 aliphatic rings. The number of aliphatic hydroxyl groups excluding tert-OH is 1. The van der Waals surface area contributed by atoms with Crippen molar-refractivity contribution in [2.24, 2.45) is 5.92 Å². The zero-order valence-electron chi connectivity index (χ0n) is 39.2. The van der Waals surface area contributed by atoms with Crippen molar-refractivity contribution in [3.63, 3.8) is 0 Å². The van der Waals surface area contributed by atoms with E-state index in [1.54, 1.807) is 19.9 Å². The summed E-state index contributed by atoms with van der Waals surface area (Å²) in [5, 5.41) is 32.2. The van der Waals surface area contributed by atoms with Crippen LogP contribution in [0.3, 0.4) is 0 Å². The average molecular weight is 992 g/mol. The number of nitrogens with zero attached hydrogens (tertiary/aromatic N) is 2. The Morgan fingerprint density at radius 1 is 0.942 bits per heavy atom. The zero-order valence-corrected chi connectivity index (χ0v) is 40.1. The van der Waals surface area contributed by atoms with Gasteiger partial charge in [0.05, 0.1) is 32.0 Å². The number of carboxylic acids is 1. The molecule has 0 aliphatic carbocycles. The van der Waals surface area contributed by atoms with E-state index in [9.17, 15) is 62.9 Å². The Kier molecular flexibility index (Phi) is 20.6. The number of carbonyl (C=O) groups is 8. The number of benzene rings is 2. The maximum absolute atomic E-state index is 14.6. The third-order valence-corrected chi connectivity index (χ3v) is 11.6. The summed E-state index contributed by atoms with van der Waals surface area (Å²) >= 11 is 0. The van der Waals surface area contributed by atoms with E-state index < -0.39 is 104 Å². The number of carboxylic acid groups (broad SMARTS) is 1. The van der Waals surface area contributed by atoms with Crippen molar-refractivity contribution >= 4 is 55.2 Å². The first kappa shape index (κ1) is 55.6. The Balaban J connectivity index is 1.69. The van der Waals surface area contributed by atoms with Gasteiger partial charge in [0.2, 0.25) is 23.6 Å². The summed E-state index contributed by atoms with van der Waals surface area (Å²) in [7, 11) is -0.562. The molecule has 0 aromatic heterocycles. The van der Waals surface area contributed by atoms with E-state index in [0.717, 1.165) is 18.9 Å². The number of hydrogen-bond acceptors (Lipinski definition) is 15. The van der Waals surface area contributed by atoms with Crippen LogP contribution in [0.1, 0.15) is 73.6 Å². The monoisotopic (exact) mass is 991 g/mol. The number of nitrogens with one attached hydrogen (secondary N) is 5. The number of hydrogen-bond donors (Lipinski definition) is 9. The van der Waals surface area contributed by atoms with Crippen LogP contribution in [-0.2, 0) is 47.3 Å². The van der Waals surface area contributed by atoms with E-state index in [2.05, 4.69) is 26.6 Å². The van der Waals surface area contributed by atoms with Crippen LogP contribution in [0.4, 0.5) is 0 Å². The predicted molar refractivity (Wildman–Crippen MR) is 243 cm³/mol. The van der Waals surface area contributed by atoms with Gasteiger partial charge in [0, 0.05) is 25.1 Å². The minimum Gasteiger partial charge on any atom is -0.492 e. The molecule has 7 atom stereocenters. The normalized spacial score (nSPS) is 21.8. The highest BCUT2D eigenvalue weighted by atomic mass is 31.2.